The number of amides is 2. The molecule has 1 aliphatic heterocycles. The molecule has 1 aromatic heterocycles. The molecule has 1 N–H and O–H groups in total. The molecular weight excluding hydrogens is 424 g/mol. The number of carbonyl (C=O) groups excluding carboxylic acids is 2. The van der Waals surface area contributed by atoms with Gasteiger partial charge in [-0.2, -0.15) is 5.10 Å². The van der Waals surface area contributed by atoms with Crippen LogP contribution in [-0.2, 0) is 17.9 Å². The van der Waals surface area contributed by atoms with Crippen molar-refractivity contribution >= 4 is 23.4 Å². The van der Waals surface area contributed by atoms with Crippen LogP contribution in [0.4, 0.5) is 0 Å². The number of nitrogens with one attached hydrogen (secondary N) is 1. The summed E-state index contributed by atoms with van der Waals surface area (Å²) in [6.07, 6.45) is 6.71. The van der Waals surface area contributed by atoms with Gasteiger partial charge in [0.25, 0.3) is 5.91 Å². The Kier molecular flexibility index (Phi) is 6.61. The van der Waals surface area contributed by atoms with E-state index in [4.69, 9.17) is 11.6 Å². The van der Waals surface area contributed by atoms with Crippen molar-refractivity contribution in [1.29, 1.82) is 0 Å². The van der Waals surface area contributed by atoms with Gasteiger partial charge >= 0.3 is 0 Å². The largest absolute Gasteiger partial charge is 0.351 e. The van der Waals surface area contributed by atoms with E-state index in [1.165, 1.54) is 12.8 Å². The fourth-order valence-corrected chi connectivity index (χ4v) is 4.85. The molecule has 0 unspecified atom stereocenters. The summed E-state index contributed by atoms with van der Waals surface area (Å²) in [6, 6.07) is 9.48. The lowest BCUT2D eigenvalue weighted by Gasteiger charge is -2.44. The van der Waals surface area contributed by atoms with Crippen molar-refractivity contribution < 1.29 is 9.59 Å². The molecule has 1 saturated carbocycles. The van der Waals surface area contributed by atoms with Gasteiger partial charge in [0.15, 0.2) is 0 Å². The minimum atomic E-state index is -1.03. The number of hydrogen-bond acceptors (Lipinski definition) is 3. The maximum absolute atomic E-state index is 13.7. The Morgan fingerprint density at radius 1 is 1.19 bits per heavy atom. The standard InChI is InChI=1S/C25H33ClN4O2/c1-17(2)21-14-22-23(31)29(15-18-10-12-19(26)13-11-18)25(3,16-30(22)28-21)24(32)27-20-8-6-4-5-7-9-20/h10-14,17,20H,4-9,15-16H2,1-3H3,(H,27,32)/t25-/m0/s1. The van der Waals surface area contributed by atoms with Gasteiger partial charge in [0.1, 0.15) is 11.2 Å². The molecule has 2 aliphatic rings. The highest BCUT2D eigenvalue weighted by molar-refractivity contribution is 6.30. The number of nitrogens with zero attached hydrogens (tertiary/aromatic N) is 3. The van der Waals surface area contributed by atoms with Crippen molar-refractivity contribution in [3.8, 4) is 0 Å². The third-order valence-electron chi connectivity index (χ3n) is 6.84. The SMILES string of the molecule is CC(C)c1cc2n(n1)C[C@@](C)(C(=O)NC1CCCCCC1)N(Cc1ccc(Cl)cc1)C2=O. The van der Waals surface area contributed by atoms with Crippen molar-refractivity contribution in [2.24, 2.45) is 0 Å². The number of aromatic nitrogens is 2. The van der Waals surface area contributed by atoms with Crippen molar-refractivity contribution in [2.75, 3.05) is 0 Å². The predicted molar refractivity (Wildman–Crippen MR) is 126 cm³/mol. The quantitative estimate of drug-likeness (QED) is 0.649. The zero-order chi connectivity index (χ0) is 22.9. The lowest BCUT2D eigenvalue weighted by molar-refractivity contribution is -0.134. The second-order valence-electron chi connectivity index (χ2n) is 9.72. The normalized spacial score (nSPS) is 22.0. The Hall–Kier alpha value is -2.34. The van der Waals surface area contributed by atoms with Crippen LogP contribution in [0.15, 0.2) is 30.3 Å². The second kappa shape index (κ2) is 9.26. The molecule has 1 atom stereocenters. The van der Waals surface area contributed by atoms with E-state index >= 15 is 0 Å². The van der Waals surface area contributed by atoms with Gasteiger partial charge in [-0.05, 0) is 49.4 Å². The molecule has 0 bridgehead atoms. The smallest absolute Gasteiger partial charge is 0.273 e. The minimum absolute atomic E-state index is 0.0982. The summed E-state index contributed by atoms with van der Waals surface area (Å²) in [5, 5.41) is 8.59. The van der Waals surface area contributed by atoms with Crippen molar-refractivity contribution in [1.82, 2.24) is 20.0 Å². The Bertz CT molecular complexity index is 976. The maximum atomic E-state index is 13.7. The lowest BCUT2D eigenvalue weighted by atomic mass is 9.93. The van der Waals surface area contributed by atoms with E-state index < -0.39 is 5.54 Å². The Labute approximate surface area is 195 Å². The zero-order valence-corrected chi connectivity index (χ0v) is 20.0. The van der Waals surface area contributed by atoms with E-state index in [9.17, 15) is 9.59 Å². The molecule has 1 aromatic carbocycles. The number of hydrogen-bond donors (Lipinski definition) is 1. The molecule has 0 spiro atoms. The maximum Gasteiger partial charge on any atom is 0.273 e. The van der Waals surface area contributed by atoms with Crippen molar-refractivity contribution in [3.63, 3.8) is 0 Å². The number of carbonyl (C=O) groups is 2. The summed E-state index contributed by atoms with van der Waals surface area (Å²) < 4.78 is 1.72. The van der Waals surface area contributed by atoms with E-state index in [2.05, 4.69) is 24.3 Å². The van der Waals surface area contributed by atoms with Crippen molar-refractivity contribution in [2.45, 2.75) is 89.9 Å². The lowest BCUT2D eigenvalue weighted by Crippen LogP contribution is -2.64. The van der Waals surface area contributed by atoms with Gasteiger partial charge in [-0.15, -0.1) is 0 Å². The highest BCUT2D eigenvalue weighted by Gasteiger charge is 2.48. The second-order valence-corrected chi connectivity index (χ2v) is 10.2. The molecule has 2 heterocycles. The van der Waals surface area contributed by atoms with Gasteiger partial charge in [-0.3, -0.25) is 14.3 Å². The first kappa shape index (κ1) is 22.8. The van der Waals surface area contributed by atoms with Gasteiger partial charge < -0.3 is 10.2 Å². The first-order valence-corrected chi connectivity index (χ1v) is 12.1. The van der Waals surface area contributed by atoms with Gasteiger partial charge in [0.2, 0.25) is 5.91 Å². The zero-order valence-electron chi connectivity index (χ0n) is 19.2. The van der Waals surface area contributed by atoms with Crippen LogP contribution >= 0.6 is 11.6 Å². The molecule has 0 radical (unpaired) electrons. The molecule has 2 amide bonds. The van der Waals surface area contributed by atoms with Gasteiger partial charge in [-0.1, -0.05) is 63.3 Å². The number of rotatable bonds is 5. The van der Waals surface area contributed by atoms with Crippen LogP contribution in [0.25, 0.3) is 0 Å². The molecular formula is C25H33ClN4O2. The summed E-state index contributed by atoms with van der Waals surface area (Å²) in [6.45, 7) is 6.66. The highest BCUT2D eigenvalue weighted by Crippen LogP contribution is 2.31. The Morgan fingerprint density at radius 2 is 1.84 bits per heavy atom. The average Bonchev–Trinajstić information content (AvgIpc) is 3.02. The Morgan fingerprint density at radius 3 is 2.47 bits per heavy atom. The number of fused-ring (bicyclic) bond motifs is 1. The summed E-state index contributed by atoms with van der Waals surface area (Å²) in [7, 11) is 0. The van der Waals surface area contributed by atoms with Crippen LogP contribution in [0.3, 0.4) is 0 Å². The third kappa shape index (κ3) is 4.56. The van der Waals surface area contributed by atoms with Crippen molar-refractivity contribution in [3.05, 3.63) is 52.3 Å². The monoisotopic (exact) mass is 456 g/mol. The average molecular weight is 457 g/mol. The summed E-state index contributed by atoms with van der Waals surface area (Å²) >= 11 is 6.05. The first-order valence-electron chi connectivity index (χ1n) is 11.7. The van der Waals surface area contributed by atoms with Gasteiger partial charge in [0.05, 0.1) is 12.2 Å². The molecule has 0 saturated heterocycles. The van der Waals surface area contributed by atoms with E-state index in [0.29, 0.717) is 23.8 Å². The van der Waals surface area contributed by atoms with E-state index in [1.54, 1.807) is 9.58 Å². The molecule has 1 fully saturated rings. The number of halogens is 1. The highest BCUT2D eigenvalue weighted by atomic mass is 35.5. The van der Waals surface area contributed by atoms with Crippen LogP contribution < -0.4 is 5.32 Å². The molecule has 6 nitrogen and oxygen atoms in total. The molecule has 32 heavy (non-hydrogen) atoms. The first-order chi connectivity index (χ1) is 15.3. The predicted octanol–water partition coefficient (Wildman–Crippen LogP) is 4.91. The van der Waals surface area contributed by atoms with E-state index in [1.807, 2.05) is 37.3 Å². The minimum Gasteiger partial charge on any atom is -0.351 e. The van der Waals surface area contributed by atoms with E-state index in [0.717, 1.165) is 36.9 Å². The molecule has 7 heteroatoms. The molecule has 1 aliphatic carbocycles. The molecule has 172 valence electrons. The van der Waals surface area contributed by atoms with E-state index in [-0.39, 0.29) is 23.8 Å². The molecule has 4 rings (SSSR count). The Balaban J connectivity index is 1.67. The van der Waals surface area contributed by atoms with Crippen LogP contribution in [0.1, 0.15) is 87.0 Å². The third-order valence-corrected chi connectivity index (χ3v) is 7.09. The fraction of sp³-hybridized carbons (Fsp3) is 0.560. The van der Waals surface area contributed by atoms with Gasteiger partial charge in [-0.25, -0.2) is 0 Å². The number of benzene rings is 1. The van der Waals surface area contributed by atoms with Crippen LogP contribution in [-0.4, -0.2) is 38.1 Å². The summed E-state index contributed by atoms with van der Waals surface area (Å²) in [5.41, 5.74) is 1.32. The molecule has 2 aromatic rings. The van der Waals surface area contributed by atoms with Gasteiger partial charge in [0, 0.05) is 17.6 Å². The van der Waals surface area contributed by atoms with Crippen LogP contribution in [0.2, 0.25) is 5.02 Å². The topological polar surface area (TPSA) is 67.2 Å². The fourth-order valence-electron chi connectivity index (χ4n) is 4.73. The summed E-state index contributed by atoms with van der Waals surface area (Å²) in [5.74, 6) is -0.0558. The van der Waals surface area contributed by atoms with Crippen LogP contribution in [0.5, 0.6) is 0 Å². The summed E-state index contributed by atoms with van der Waals surface area (Å²) in [4.78, 5) is 29.0. The van der Waals surface area contributed by atoms with Crippen LogP contribution in [0, 0.1) is 0 Å².